The third-order valence-corrected chi connectivity index (χ3v) is 1.74. The Labute approximate surface area is 78.0 Å². The topological polar surface area (TPSA) is 57.4 Å². The molecule has 7 heteroatoms. The van der Waals surface area contributed by atoms with Gasteiger partial charge in [0.25, 0.3) is 5.92 Å². The Morgan fingerprint density at radius 2 is 2.36 bits per heavy atom. The van der Waals surface area contributed by atoms with Crippen LogP contribution in [0.1, 0.15) is 6.42 Å². The van der Waals surface area contributed by atoms with Gasteiger partial charge in [0.15, 0.2) is 0 Å². The molecule has 1 heterocycles. The summed E-state index contributed by atoms with van der Waals surface area (Å²) in [5.41, 5.74) is 0. The fourth-order valence-electron chi connectivity index (χ4n) is 0.914. The minimum atomic E-state index is -2.65. The molecule has 5 nitrogen and oxygen atoms in total. The van der Waals surface area contributed by atoms with Crippen LogP contribution in [0.5, 0.6) is 6.08 Å². The van der Waals surface area contributed by atoms with Crippen LogP contribution in [-0.4, -0.2) is 35.4 Å². The third-order valence-electron chi connectivity index (χ3n) is 1.74. The van der Waals surface area contributed by atoms with Crippen LogP contribution in [0.25, 0.3) is 0 Å². The summed E-state index contributed by atoms with van der Waals surface area (Å²) in [7, 11) is 0. The molecule has 1 atom stereocenters. The van der Waals surface area contributed by atoms with Crippen molar-refractivity contribution in [3.8, 4) is 6.08 Å². The lowest BCUT2D eigenvalue weighted by Gasteiger charge is -2.02. The van der Waals surface area contributed by atoms with Crippen molar-refractivity contribution < 1.29 is 22.7 Å². The van der Waals surface area contributed by atoms with Crippen LogP contribution >= 0.6 is 0 Å². The van der Waals surface area contributed by atoms with E-state index < -0.39 is 12.0 Å². The summed E-state index contributed by atoms with van der Waals surface area (Å²) in [4.78, 5) is 0. The first-order chi connectivity index (χ1) is 6.68. The SMILES string of the molecule is FC1(F)C[C@@H]1OCCOc1nnco1. The average molecular weight is 206 g/mol. The summed E-state index contributed by atoms with van der Waals surface area (Å²) in [5.74, 6) is -2.65. The molecule has 0 amide bonds. The van der Waals surface area contributed by atoms with E-state index in [1.165, 1.54) is 0 Å². The van der Waals surface area contributed by atoms with Crippen molar-refractivity contribution >= 4 is 0 Å². The zero-order valence-corrected chi connectivity index (χ0v) is 7.15. The van der Waals surface area contributed by atoms with Crippen LogP contribution in [0.15, 0.2) is 10.8 Å². The average Bonchev–Trinajstić information content (AvgIpc) is 2.60. The Kier molecular flexibility index (Phi) is 2.32. The van der Waals surface area contributed by atoms with E-state index in [0.29, 0.717) is 0 Å². The maximum atomic E-state index is 12.3. The normalized spacial score (nSPS) is 23.4. The van der Waals surface area contributed by atoms with Crippen LogP contribution in [0, 0.1) is 0 Å². The number of hydrogen-bond donors (Lipinski definition) is 0. The monoisotopic (exact) mass is 206 g/mol. The second-order valence-corrected chi connectivity index (χ2v) is 2.88. The summed E-state index contributed by atoms with van der Waals surface area (Å²) in [6, 6.07) is 0. The Hall–Kier alpha value is -1.24. The highest BCUT2D eigenvalue weighted by Gasteiger charge is 2.58. The van der Waals surface area contributed by atoms with E-state index in [1.54, 1.807) is 0 Å². The summed E-state index contributed by atoms with van der Waals surface area (Å²) in [6.07, 6.45) is -0.0244. The number of nitrogens with zero attached hydrogens (tertiary/aromatic N) is 2. The number of alkyl halides is 2. The van der Waals surface area contributed by atoms with Gasteiger partial charge in [0.1, 0.15) is 12.7 Å². The molecule has 0 aromatic carbocycles. The highest BCUT2D eigenvalue weighted by molar-refractivity contribution is 4.96. The molecule has 0 radical (unpaired) electrons. The number of rotatable bonds is 5. The Balaban J connectivity index is 1.57. The number of ether oxygens (including phenoxy) is 2. The first kappa shape index (κ1) is 9.32. The van der Waals surface area contributed by atoms with Crippen molar-refractivity contribution in [3.63, 3.8) is 0 Å². The van der Waals surface area contributed by atoms with Crippen LogP contribution in [0.2, 0.25) is 0 Å². The van der Waals surface area contributed by atoms with Gasteiger partial charge in [-0.25, -0.2) is 8.78 Å². The van der Waals surface area contributed by atoms with Crippen molar-refractivity contribution in [1.29, 1.82) is 0 Å². The largest absolute Gasteiger partial charge is 0.447 e. The fourth-order valence-corrected chi connectivity index (χ4v) is 0.914. The van der Waals surface area contributed by atoms with Gasteiger partial charge in [-0.2, -0.15) is 0 Å². The number of hydrogen-bond acceptors (Lipinski definition) is 5. The number of aromatic nitrogens is 2. The van der Waals surface area contributed by atoms with Crippen molar-refractivity contribution in [3.05, 3.63) is 6.39 Å². The van der Waals surface area contributed by atoms with Gasteiger partial charge in [-0.05, 0) is 0 Å². The van der Waals surface area contributed by atoms with Crippen LogP contribution in [0.3, 0.4) is 0 Å². The lowest BCUT2D eigenvalue weighted by molar-refractivity contribution is 0.00158. The molecular formula is C7H8F2N2O3. The van der Waals surface area contributed by atoms with E-state index in [1.807, 2.05) is 0 Å². The molecule has 1 aliphatic carbocycles. The predicted molar refractivity (Wildman–Crippen MR) is 39.1 cm³/mol. The first-order valence-corrected chi connectivity index (χ1v) is 4.07. The summed E-state index contributed by atoms with van der Waals surface area (Å²) in [6.45, 7) is 0.206. The van der Waals surface area contributed by atoms with Crippen molar-refractivity contribution in [1.82, 2.24) is 10.2 Å². The van der Waals surface area contributed by atoms with Crippen molar-refractivity contribution in [2.24, 2.45) is 0 Å². The highest BCUT2D eigenvalue weighted by atomic mass is 19.3. The lowest BCUT2D eigenvalue weighted by atomic mass is 10.7. The molecule has 1 aliphatic rings. The first-order valence-electron chi connectivity index (χ1n) is 4.07. The molecule has 0 bridgehead atoms. The Bertz CT molecular complexity index is 291. The standard InChI is InChI=1S/C7H8F2N2O3/c8-7(9)3-5(7)12-1-2-13-6-11-10-4-14-6/h4-5H,1-3H2/t5-/m0/s1. The molecule has 0 N–H and O–H groups in total. The van der Waals surface area contributed by atoms with Crippen molar-refractivity contribution in [2.75, 3.05) is 13.2 Å². The molecule has 1 aromatic rings. The van der Waals surface area contributed by atoms with E-state index >= 15 is 0 Å². The van der Waals surface area contributed by atoms with E-state index in [-0.39, 0.29) is 25.7 Å². The Morgan fingerprint density at radius 3 is 2.93 bits per heavy atom. The highest BCUT2D eigenvalue weighted by Crippen LogP contribution is 2.44. The molecule has 1 aromatic heterocycles. The minimum absolute atomic E-state index is 0.0103. The molecular weight excluding hydrogens is 198 g/mol. The van der Waals surface area contributed by atoms with Crippen LogP contribution in [-0.2, 0) is 4.74 Å². The summed E-state index contributed by atoms with van der Waals surface area (Å²) in [5, 5.41) is 6.80. The molecule has 1 saturated carbocycles. The van der Waals surface area contributed by atoms with Gasteiger partial charge in [-0.15, -0.1) is 5.10 Å². The van der Waals surface area contributed by atoms with E-state index in [4.69, 9.17) is 9.47 Å². The van der Waals surface area contributed by atoms with E-state index in [9.17, 15) is 8.78 Å². The van der Waals surface area contributed by atoms with Gasteiger partial charge < -0.3 is 13.9 Å². The van der Waals surface area contributed by atoms with Gasteiger partial charge in [0, 0.05) is 6.42 Å². The molecule has 14 heavy (non-hydrogen) atoms. The lowest BCUT2D eigenvalue weighted by Crippen LogP contribution is -2.11. The zero-order valence-electron chi connectivity index (χ0n) is 7.15. The molecule has 78 valence electrons. The Morgan fingerprint density at radius 1 is 1.57 bits per heavy atom. The van der Waals surface area contributed by atoms with Crippen LogP contribution < -0.4 is 4.74 Å². The van der Waals surface area contributed by atoms with Crippen molar-refractivity contribution in [2.45, 2.75) is 18.4 Å². The third kappa shape index (κ3) is 2.16. The summed E-state index contributed by atoms with van der Waals surface area (Å²) < 4.78 is 38.9. The minimum Gasteiger partial charge on any atom is -0.447 e. The van der Waals surface area contributed by atoms with E-state index in [2.05, 4.69) is 14.6 Å². The van der Waals surface area contributed by atoms with Gasteiger partial charge in [-0.3, -0.25) is 0 Å². The molecule has 0 spiro atoms. The van der Waals surface area contributed by atoms with Gasteiger partial charge in [-0.1, -0.05) is 5.10 Å². The molecule has 2 rings (SSSR count). The van der Waals surface area contributed by atoms with E-state index in [0.717, 1.165) is 6.39 Å². The molecule has 1 fully saturated rings. The quantitative estimate of drug-likeness (QED) is 0.669. The fraction of sp³-hybridized carbons (Fsp3) is 0.714. The maximum absolute atomic E-state index is 12.3. The predicted octanol–water partition coefficient (Wildman–Crippen LogP) is 0.873. The molecule has 0 unspecified atom stereocenters. The molecule has 0 aliphatic heterocycles. The van der Waals surface area contributed by atoms with Gasteiger partial charge in [0.2, 0.25) is 6.39 Å². The smallest absolute Gasteiger partial charge is 0.414 e. The second-order valence-electron chi connectivity index (χ2n) is 2.88. The van der Waals surface area contributed by atoms with Gasteiger partial charge >= 0.3 is 6.08 Å². The van der Waals surface area contributed by atoms with Crippen LogP contribution in [0.4, 0.5) is 8.78 Å². The molecule has 0 saturated heterocycles. The number of halogens is 2. The summed E-state index contributed by atoms with van der Waals surface area (Å²) >= 11 is 0. The second kappa shape index (κ2) is 3.49. The zero-order chi connectivity index (χ0) is 10.0. The maximum Gasteiger partial charge on any atom is 0.414 e. The van der Waals surface area contributed by atoms with Gasteiger partial charge in [0.05, 0.1) is 6.61 Å².